The Kier molecular flexibility index (Phi) is 6.80. The highest BCUT2D eigenvalue weighted by Gasteiger charge is 2.26. The molecule has 6 heteroatoms. The molecular formula is C23H26FNO4. The Bertz CT molecular complexity index is 930. The molecule has 2 rings (SSSR count). The van der Waals surface area contributed by atoms with Crippen LogP contribution in [0.2, 0.25) is 0 Å². The second kappa shape index (κ2) is 8.90. The van der Waals surface area contributed by atoms with Crippen LogP contribution < -0.4 is 10.1 Å². The standard InChI is InChI=1S/C23H26FNO4/c1-14(2)18-15(3)19(24)17(12-26)20(25-22(27)29-23(4,5)6)21(18)28-13-16-10-8-7-9-11-16/h7-12H,1,13H2,2-6H3,(H,25,27). The summed E-state index contributed by atoms with van der Waals surface area (Å²) in [7, 11) is 0. The van der Waals surface area contributed by atoms with Crippen LogP contribution in [0.1, 0.15) is 54.7 Å². The smallest absolute Gasteiger partial charge is 0.412 e. The van der Waals surface area contributed by atoms with Gasteiger partial charge in [0.2, 0.25) is 0 Å². The van der Waals surface area contributed by atoms with E-state index in [-0.39, 0.29) is 29.2 Å². The lowest BCUT2D eigenvalue weighted by Gasteiger charge is -2.23. The summed E-state index contributed by atoms with van der Waals surface area (Å²) in [6.07, 6.45) is -0.465. The van der Waals surface area contributed by atoms with Gasteiger partial charge in [0.1, 0.15) is 23.7 Å². The Hall–Kier alpha value is -3.15. The van der Waals surface area contributed by atoms with Crippen LogP contribution in [0.25, 0.3) is 5.57 Å². The minimum Gasteiger partial charge on any atom is -0.486 e. The number of rotatable bonds is 6. The Morgan fingerprint density at radius 1 is 1.24 bits per heavy atom. The van der Waals surface area contributed by atoms with Gasteiger partial charge in [0.25, 0.3) is 0 Å². The molecule has 2 aromatic rings. The Balaban J connectivity index is 2.58. The van der Waals surface area contributed by atoms with Crippen LogP contribution in [-0.4, -0.2) is 18.0 Å². The summed E-state index contributed by atoms with van der Waals surface area (Å²) in [6, 6.07) is 9.36. The fourth-order valence-electron chi connectivity index (χ4n) is 2.87. The van der Waals surface area contributed by atoms with Gasteiger partial charge in [-0.1, -0.05) is 36.9 Å². The largest absolute Gasteiger partial charge is 0.486 e. The number of nitrogens with one attached hydrogen (secondary N) is 1. The van der Waals surface area contributed by atoms with Crippen molar-refractivity contribution in [1.29, 1.82) is 0 Å². The van der Waals surface area contributed by atoms with Crippen LogP contribution in [0.15, 0.2) is 36.9 Å². The maximum absolute atomic E-state index is 14.9. The van der Waals surface area contributed by atoms with Gasteiger partial charge < -0.3 is 9.47 Å². The molecular weight excluding hydrogens is 373 g/mol. The van der Waals surface area contributed by atoms with E-state index in [4.69, 9.17) is 9.47 Å². The van der Waals surface area contributed by atoms with Crippen molar-refractivity contribution in [2.75, 3.05) is 5.32 Å². The number of hydrogen-bond acceptors (Lipinski definition) is 4. The van der Waals surface area contributed by atoms with Crippen LogP contribution in [-0.2, 0) is 11.3 Å². The molecule has 0 spiro atoms. The van der Waals surface area contributed by atoms with E-state index < -0.39 is 17.5 Å². The molecule has 1 N–H and O–H groups in total. The minimum atomic E-state index is -0.818. The number of amides is 1. The van der Waals surface area contributed by atoms with Crippen molar-refractivity contribution in [1.82, 2.24) is 0 Å². The molecule has 0 heterocycles. The fraction of sp³-hybridized carbons (Fsp3) is 0.304. The number of hydrogen-bond donors (Lipinski definition) is 1. The van der Waals surface area contributed by atoms with E-state index in [1.165, 1.54) is 0 Å². The maximum Gasteiger partial charge on any atom is 0.412 e. The van der Waals surface area contributed by atoms with Crippen molar-refractivity contribution in [2.24, 2.45) is 0 Å². The molecule has 0 aliphatic carbocycles. The third-order valence-corrected chi connectivity index (χ3v) is 4.06. The summed E-state index contributed by atoms with van der Waals surface area (Å²) in [6.45, 7) is 12.4. The average molecular weight is 399 g/mol. The number of ether oxygens (including phenoxy) is 2. The van der Waals surface area contributed by atoms with Gasteiger partial charge >= 0.3 is 6.09 Å². The van der Waals surface area contributed by atoms with E-state index >= 15 is 0 Å². The number of benzene rings is 2. The molecule has 154 valence electrons. The van der Waals surface area contributed by atoms with E-state index in [1.54, 1.807) is 34.6 Å². The zero-order valence-corrected chi connectivity index (χ0v) is 17.4. The maximum atomic E-state index is 14.9. The third-order valence-electron chi connectivity index (χ3n) is 4.06. The van der Waals surface area contributed by atoms with E-state index in [0.29, 0.717) is 17.4 Å². The fourth-order valence-corrected chi connectivity index (χ4v) is 2.87. The summed E-state index contributed by atoms with van der Waals surface area (Å²) < 4.78 is 26.1. The van der Waals surface area contributed by atoms with E-state index in [9.17, 15) is 14.0 Å². The van der Waals surface area contributed by atoms with Crippen molar-refractivity contribution >= 4 is 23.6 Å². The topological polar surface area (TPSA) is 64.6 Å². The van der Waals surface area contributed by atoms with E-state index in [1.807, 2.05) is 30.3 Å². The number of carbonyl (C=O) groups excluding carboxylic acids is 2. The Morgan fingerprint density at radius 2 is 1.86 bits per heavy atom. The van der Waals surface area contributed by atoms with Crippen LogP contribution >= 0.6 is 0 Å². The summed E-state index contributed by atoms with van der Waals surface area (Å²) in [5, 5.41) is 2.49. The number of allylic oxidation sites excluding steroid dienone is 1. The first-order valence-electron chi connectivity index (χ1n) is 9.19. The molecule has 0 fully saturated rings. The predicted octanol–water partition coefficient (Wildman–Crippen LogP) is 5.91. The van der Waals surface area contributed by atoms with Crippen molar-refractivity contribution in [3.05, 3.63) is 65.0 Å². The third kappa shape index (κ3) is 5.44. The highest BCUT2D eigenvalue weighted by atomic mass is 19.1. The first-order valence-corrected chi connectivity index (χ1v) is 9.19. The molecule has 1 amide bonds. The van der Waals surface area contributed by atoms with E-state index in [2.05, 4.69) is 11.9 Å². The molecule has 5 nitrogen and oxygen atoms in total. The molecule has 0 bridgehead atoms. The first-order chi connectivity index (χ1) is 13.5. The summed E-state index contributed by atoms with van der Waals surface area (Å²) in [4.78, 5) is 24.0. The molecule has 29 heavy (non-hydrogen) atoms. The molecule has 0 aliphatic heterocycles. The molecule has 0 saturated heterocycles. The second-order valence-corrected chi connectivity index (χ2v) is 7.73. The van der Waals surface area contributed by atoms with Crippen LogP contribution in [0.3, 0.4) is 0 Å². The molecule has 0 unspecified atom stereocenters. The SMILES string of the molecule is C=C(C)c1c(C)c(F)c(C=O)c(NC(=O)OC(C)(C)C)c1OCc1ccccc1. The van der Waals surface area contributed by atoms with Crippen molar-refractivity contribution in [3.63, 3.8) is 0 Å². The van der Waals surface area contributed by atoms with Crippen molar-refractivity contribution in [3.8, 4) is 5.75 Å². The first kappa shape index (κ1) is 22.1. The second-order valence-electron chi connectivity index (χ2n) is 7.73. The lowest BCUT2D eigenvalue weighted by atomic mass is 9.96. The van der Waals surface area contributed by atoms with E-state index in [0.717, 1.165) is 5.56 Å². The summed E-state index contributed by atoms with van der Waals surface area (Å²) in [5.41, 5.74) is 0.879. The molecule has 0 radical (unpaired) electrons. The quantitative estimate of drug-likeness (QED) is 0.614. The predicted molar refractivity (Wildman–Crippen MR) is 112 cm³/mol. The molecule has 0 aliphatic rings. The zero-order valence-electron chi connectivity index (χ0n) is 17.4. The normalized spacial score (nSPS) is 11.0. The van der Waals surface area contributed by atoms with Crippen LogP contribution in [0.5, 0.6) is 5.75 Å². The Labute approximate surface area is 170 Å². The summed E-state index contributed by atoms with van der Waals surface area (Å²) in [5.74, 6) is -0.565. The van der Waals surface area contributed by atoms with Gasteiger partial charge in [0.15, 0.2) is 12.0 Å². The highest BCUT2D eigenvalue weighted by Crippen LogP contribution is 2.41. The number of carbonyl (C=O) groups is 2. The molecule has 0 saturated carbocycles. The monoisotopic (exact) mass is 399 g/mol. The summed E-state index contributed by atoms with van der Waals surface area (Å²) >= 11 is 0. The van der Waals surface area contributed by atoms with Crippen molar-refractivity contribution < 1.29 is 23.5 Å². The Morgan fingerprint density at radius 3 is 2.38 bits per heavy atom. The number of aldehydes is 1. The lowest BCUT2D eigenvalue weighted by molar-refractivity contribution is 0.0635. The highest BCUT2D eigenvalue weighted by molar-refractivity contribution is 5.98. The molecule has 2 aromatic carbocycles. The average Bonchev–Trinajstić information content (AvgIpc) is 2.62. The van der Waals surface area contributed by atoms with Gasteiger partial charge in [0, 0.05) is 5.56 Å². The van der Waals surface area contributed by atoms with Crippen LogP contribution in [0, 0.1) is 12.7 Å². The van der Waals surface area contributed by atoms with Gasteiger partial charge in [-0.3, -0.25) is 10.1 Å². The molecule has 0 atom stereocenters. The number of anilines is 1. The lowest BCUT2D eigenvalue weighted by Crippen LogP contribution is -2.28. The zero-order chi connectivity index (χ0) is 21.8. The minimum absolute atomic E-state index is 0.0775. The van der Waals surface area contributed by atoms with Gasteiger partial charge in [-0.15, -0.1) is 0 Å². The number of halogens is 1. The van der Waals surface area contributed by atoms with Crippen LogP contribution in [0.4, 0.5) is 14.9 Å². The van der Waals surface area contributed by atoms with Crippen molar-refractivity contribution in [2.45, 2.75) is 46.8 Å². The van der Waals surface area contributed by atoms with Gasteiger partial charge in [-0.2, -0.15) is 0 Å². The van der Waals surface area contributed by atoms with Gasteiger partial charge in [-0.05, 0) is 51.3 Å². The van der Waals surface area contributed by atoms with Gasteiger partial charge in [-0.25, -0.2) is 9.18 Å². The van der Waals surface area contributed by atoms with Gasteiger partial charge in [0.05, 0.1) is 5.56 Å². The molecule has 0 aromatic heterocycles.